The van der Waals surface area contributed by atoms with E-state index >= 15 is 0 Å². The Labute approximate surface area is 121 Å². The van der Waals surface area contributed by atoms with Gasteiger partial charge in [0.2, 0.25) is 0 Å². The van der Waals surface area contributed by atoms with Crippen LogP contribution < -0.4 is 9.47 Å². The maximum absolute atomic E-state index is 11.0. The Kier molecular flexibility index (Phi) is 4.39. The zero-order chi connectivity index (χ0) is 13.8. The lowest BCUT2D eigenvalue weighted by Crippen LogP contribution is -2.02. The third kappa shape index (κ3) is 3.24. The molecule has 0 saturated carbocycles. The number of aromatic carboxylic acids is 1. The molecule has 1 N–H and O–H groups in total. The summed E-state index contributed by atoms with van der Waals surface area (Å²) in [5, 5.41) is 10.9. The van der Waals surface area contributed by atoms with Crippen LogP contribution in [0.2, 0.25) is 0 Å². The molecule has 100 valence electrons. The van der Waals surface area contributed by atoms with Gasteiger partial charge in [0, 0.05) is 5.38 Å². The topological polar surface area (TPSA) is 68.7 Å². The Morgan fingerprint density at radius 3 is 2.89 bits per heavy atom. The lowest BCUT2D eigenvalue weighted by Gasteiger charge is -2.12. The number of halogens is 1. The highest BCUT2D eigenvalue weighted by atomic mass is 79.9. The molecule has 5 nitrogen and oxygen atoms in total. The van der Waals surface area contributed by atoms with Crippen molar-refractivity contribution in [2.24, 2.45) is 0 Å². The summed E-state index contributed by atoms with van der Waals surface area (Å²) < 4.78 is 11.3. The van der Waals surface area contributed by atoms with Gasteiger partial charge in [0.25, 0.3) is 0 Å². The number of thiazole rings is 1. The van der Waals surface area contributed by atoms with E-state index in [4.69, 9.17) is 14.6 Å². The smallest absolute Gasteiger partial charge is 0.335 e. The molecule has 0 aliphatic carbocycles. The summed E-state index contributed by atoms with van der Waals surface area (Å²) in [5.41, 5.74) is 2.66. The van der Waals surface area contributed by atoms with Crippen LogP contribution in [0.5, 0.6) is 11.5 Å². The van der Waals surface area contributed by atoms with E-state index in [1.54, 1.807) is 5.51 Å². The molecule has 0 radical (unpaired) electrons. The molecular weight excluding hydrogens is 334 g/mol. The van der Waals surface area contributed by atoms with Crippen LogP contribution in [-0.4, -0.2) is 23.2 Å². The summed E-state index contributed by atoms with van der Waals surface area (Å²) in [6, 6.07) is 2.89. The van der Waals surface area contributed by atoms with Gasteiger partial charge in [0.05, 0.1) is 28.4 Å². The molecule has 0 amide bonds. The van der Waals surface area contributed by atoms with Gasteiger partial charge in [0.1, 0.15) is 6.61 Å². The van der Waals surface area contributed by atoms with E-state index in [2.05, 4.69) is 20.9 Å². The zero-order valence-electron chi connectivity index (χ0n) is 9.92. The molecule has 0 unspecified atom stereocenters. The minimum absolute atomic E-state index is 0.129. The van der Waals surface area contributed by atoms with E-state index in [-0.39, 0.29) is 5.56 Å². The highest BCUT2D eigenvalue weighted by molar-refractivity contribution is 9.10. The summed E-state index contributed by atoms with van der Waals surface area (Å²) in [6.07, 6.45) is 0. The number of carboxylic acids is 1. The third-order valence-electron chi connectivity index (χ3n) is 2.32. The van der Waals surface area contributed by atoms with E-state index in [0.29, 0.717) is 22.6 Å². The van der Waals surface area contributed by atoms with Gasteiger partial charge >= 0.3 is 5.97 Å². The van der Waals surface area contributed by atoms with Crippen molar-refractivity contribution in [1.82, 2.24) is 4.98 Å². The minimum atomic E-state index is -1.02. The second-order valence-corrected chi connectivity index (χ2v) is 5.14. The van der Waals surface area contributed by atoms with Crippen molar-refractivity contribution < 1.29 is 19.4 Å². The summed E-state index contributed by atoms with van der Waals surface area (Å²) in [5.74, 6) is -0.201. The van der Waals surface area contributed by atoms with Crippen molar-refractivity contribution in [3.63, 3.8) is 0 Å². The van der Waals surface area contributed by atoms with Crippen molar-refractivity contribution in [3.8, 4) is 11.5 Å². The molecule has 1 aromatic heterocycles. The first-order chi connectivity index (χ1) is 9.11. The summed E-state index contributed by atoms with van der Waals surface area (Å²) in [4.78, 5) is 15.1. The Morgan fingerprint density at radius 1 is 1.53 bits per heavy atom. The van der Waals surface area contributed by atoms with Gasteiger partial charge in [-0.15, -0.1) is 11.3 Å². The molecule has 1 heterocycles. The quantitative estimate of drug-likeness (QED) is 0.902. The van der Waals surface area contributed by atoms with Crippen LogP contribution >= 0.6 is 27.3 Å². The average Bonchev–Trinajstić information content (AvgIpc) is 2.89. The van der Waals surface area contributed by atoms with Gasteiger partial charge in [-0.25, -0.2) is 9.78 Å². The van der Waals surface area contributed by atoms with Gasteiger partial charge in [0.15, 0.2) is 11.5 Å². The zero-order valence-corrected chi connectivity index (χ0v) is 12.3. The largest absolute Gasteiger partial charge is 0.493 e. The van der Waals surface area contributed by atoms with E-state index in [9.17, 15) is 4.79 Å². The first kappa shape index (κ1) is 13.8. The van der Waals surface area contributed by atoms with Crippen LogP contribution in [0.1, 0.15) is 16.1 Å². The number of methoxy groups -OCH3 is 1. The predicted molar refractivity (Wildman–Crippen MR) is 74.1 cm³/mol. The maximum atomic E-state index is 11.0. The monoisotopic (exact) mass is 343 g/mol. The number of ether oxygens (including phenoxy) is 2. The second-order valence-electron chi connectivity index (χ2n) is 3.56. The van der Waals surface area contributed by atoms with Gasteiger partial charge in [-0.2, -0.15) is 0 Å². The molecule has 7 heteroatoms. The summed E-state index contributed by atoms with van der Waals surface area (Å²) in [6.45, 7) is 0.297. The SMILES string of the molecule is COc1cc(C(=O)O)cc(Br)c1OCc1cscn1. The molecule has 2 aromatic rings. The minimum Gasteiger partial charge on any atom is -0.493 e. The summed E-state index contributed by atoms with van der Waals surface area (Å²) in [7, 11) is 1.46. The molecule has 1 aromatic carbocycles. The fourth-order valence-electron chi connectivity index (χ4n) is 1.44. The highest BCUT2D eigenvalue weighted by Crippen LogP contribution is 2.37. The van der Waals surface area contributed by atoms with Gasteiger partial charge in [-0.3, -0.25) is 0 Å². The normalized spacial score (nSPS) is 10.2. The lowest BCUT2D eigenvalue weighted by molar-refractivity contribution is 0.0696. The summed E-state index contributed by atoms with van der Waals surface area (Å²) >= 11 is 4.77. The Balaban J connectivity index is 2.26. The van der Waals surface area contributed by atoms with Crippen molar-refractivity contribution in [2.45, 2.75) is 6.61 Å². The number of hydrogen-bond acceptors (Lipinski definition) is 5. The van der Waals surface area contributed by atoms with Gasteiger partial charge in [-0.05, 0) is 28.1 Å². The number of hydrogen-bond donors (Lipinski definition) is 1. The molecule has 19 heavy (non-hydrogen) atoms. The Bertz CT molecular complexity index is 586. The molecule has 0 saturated heterocycles. The maximum Gasteiger partial charge on any atom is 0.335 e. The molecular formula is C12H10BrNO4S. The van der Waals surface area contributed by atoms with Gasteiger partial charge < -0.3 is 14.6 Å². The van der Waals surface area contributed by atoms with Crippen molar-refractivity contribution >= 4 is 33.2 Å². The fraction of sp³-hybridized carbons (Fsp3) is 0.167. The molecule has 0 atom stereocenters. The first-order valence-electron chi connectivity index (χ1n) is 5.22. The number of benzene rings is 1. The van der Waals surface area contributed by atoms with Crippen LogP contribution in [-0.2, 0) is 6.61 Å². The Morgan fingerprint density at radius 2 is 2.32 bits per heavy atom. The van der Waals surface area contributed by atoms with E-state index in [1.165, 1.54) is 30.6 Å². The Hall–Kier alpha value is -1.60. The van der Waals surface area contributed by atoms with E-state index in [1.807, 2.05) is 5.38 Å². The first-order valence-corrected chi connectivity index (χ1v) is 6.96. The van der Waals surface area contributed by atoms with Crippen LogP contribution in [0.4, 0.5) is 0 Å². The highest BCUT2D eigenvalue weighted by Gasteiger charge is 2.15. The molecule has 0 spiro atoms. The second kappa shape index (κ2) is 6.03. The molecule has 0 aliphatic heterocycles. The molecule has 0 aliphatic rings. The van der Waals surface area contributed by atoms with Gasteiger partial charge in [-0.1, -0.05) is 0 Å². The predicted octanol–water partition coefficient (Wildman–Crippen LogP) is 3.19. The standard InChI is InChI=1S/C12H10BrNO4S/c1-17-10-3-7(12(15)16)2-9(13)11(10)18-4-8-5-19-6-14-8/h2-3,5-6H,4H2,1H3,(H,15,16). The molecule has 0 bridgehead atoms. The van der Waals surface area contributed by atoms with Crippen LogP contribution in [0.3, 0.4) is 0 Å². The third-order valence-corrected chi connectivity index (χ3v) is 3.55. The van der Waals surface area contributed by atoms with Crippen molar-refractivity contribution in [2.75, 3.05) is 7.11 Å². The molecule has 0 fully saturated rings. The van der Waals surface area contributed by atoms with E-state index in [0.717, 1.165) is 5.69 Å². The number of rotatable bonds is 5. The average molecular weight is 344 g/mol. The van der Waals surface area contributed by atoms with Crippen molar-refractivity contribution in [3.05, 3.63) is 38.8 Å². The number of carboxylic acid groups (broad SMARTS) is 1. The van der Waals surface area contributed by atoms with Crippen LogP contribution in [0, 0.1) is 0 Å². The van der Waals surface area contributed by atoms with Crippen LogP contribution in [0.15, 0.2) is 27.5 Å². The fourth-order valence-corrected chi connectivity index (χ4v) is 2.54. The number of carbonyl (C=O) groups is 1. The number of nitrogens with zero attached hydrogens (tertiary/aromatic N) is 1. The molecule has 2 rings (SSSR count). The lowest BCUT2D eigenvalue weighted by atomic mass is 10.2. The van der Waals surface area contributed by atoms with Crippen LogP contribution in [0.25, 0.3) is 0 Å². The number of aromatic nitrogens is 1. The van der Waals surface area contributed by atoms with E-state index < -0.39 is 5.97 Å². The van der Waals surface area contributed by atoms with Crippen molar-refractivity contribution in [1.29, 1.82) is 0 Å².